The minimum absolute atomic E-state index is 0.126. The fraction of sp³-hybridized carbons (Fsp3) is 0.120. The van der Waals surface area contributed by atoms with Crippen LogP contribution in [-0.2, 0) is 4.79 Å². The first-order valence-electron chi connectivity index (χ1n) is 10.8. The number of nitrogens with zero attached hydrogens (tertiary/aromatic N) is 4. The number of hydrogen-bond donors (Lipinski definition) is 1. The van der Waals surface area contributed by atoms with Crippen LogP contribution in [0.5, 0.6) is 11.5 Å². The number of rotatable bonds is 9. The molecule has 3 heterocycles. The van der Waals surface area contributed by atoms with Gasteiger partial charge in [-0.3, -0.25) is 9.36 Å². The van der Waals surface area contributed by atoms with Crippen molar-refractivity contribution >= 4 is 34.1 Å². The first-order chi connectivity index (χ1) is 17.6. The van der Waals surface area contributed by atoms with Crippen LogP contribution in [0.25, 0.3) is 28.5 Å². The van der Waals surface area contributed by atoms with Crippen molar-refractivity contribution in [3.8, 4) is 40.0 Å². The fourth-order valence-corrected chi connectivity index (χ4v) is 4.91. The second-order valence-corrected chi connectivity index (χ2v) is 9.22. The molecule has 1 N–H and O–H groups in total. The Balaban J connectivity index is 1.31. The van der Waals surface area contributed by atoms with Crippen molar-refractivity contribution in [2.24, 2.45) is 0 Å². The van der Waals surface area contributed by atoms with Gasteiger partial charge in [0, 0.05) is 10.9 Å². The number of benzene rings is 2. The lowest BCUT2D eigenvalue weighted by atomic mass is 10.2. The fourth-order valence-electron chi connectivity index (χ4n) is 3.42. The molecule has 0 aliphatic rings. The highest BCUT2D eigenvalue weighted by atomic mass is 32.2. The average Bonchev–Trinajstić information content (AvgIpc) is 3.68. The zero-order valence-electron chi connectivity index (χ0n) is 19.4. The van der Waals surface area contributed by atoms with Gasteiger partial charge in [0.1, 0.15) is 11.5 Å². The topological polar surface area (TPSA) is 104 Å². The lowest BCUT2D eigenvalue weighted by Gasteiger charge is -2.10. The summed E-state index contributed by atoms with van der Waals surface area (Å²) in [5.41, 5.74) is 2.50. The summed E-state index contributed by atoms with van der Waals surface area (Å²) in [6, 6.07) is 18.7. The number of ether oxygens (including phenoxy) is 2. The zero-order chi connectivity index (χ0) is 24.9. The van der Waals surface area contributed by atoms with E-state index < -0.39 is 0 Å². The number of carbonyl (C=O) groups excluding carboxylic acids is 1. The Morgan fingerprint density at radius 1 is 1.06 bits per heavy atom. The predicted octanol–water partition coefficient (Wildman–Crippen LogP) is 5.40. The summed E-state index contributed by atoms with van der Waals surface area (Å²) >= 11 is 2.63. The van der Waals surface area contributed by atoms with E-state index in [4.69, 9.17) is 13.9 Å². The summed E-state index contributed by atoms with van der Waals surface area (Å²) in [5.74, 6) is 2.52. The van der Waals surface area contributed by atoms with Crippen LogP contribution in [0.2, 0.25) is 0 Å². The van der Waals surface area contributed by atoms with Crippen LogP contribution in [0.1, 0.15) is 0 Å². The molecule has 0 radical (unpaired) electrons. The number of carbonyl (C=O) groups is 1. The molecule has 182 valence electrons. The molecule has 0 fully saturated rings. The van der Waals surface area contributed by atoms with Gasteiger partial charge in [0.2, 0.25) is 11.7 Å². The Hall–Kier alpha value is -4.09. The summed E-state index contributed by atoms with van der Waals surface area (Å²) in [4.78, 5) is 17.3. The van der Waals surface area contributed by atoms with Crippen LogP contribution in [0, 0.1) is 0 Å². The molecule has 0 saturated carbocycles. The minimum atomic E-state index is -0.199. The maximum absolute atomic E-state index is 12.7. The molecule has 0 aliphatic heterocycles. The van der Waals surface area contributed by atoms with Crippen LogP contribution >= 0.6 is 23.1 Å². The van der Waals surface area contributed by atoms with Crippen LogP contribution in [0.15, 0.2) is 81.9 Å². The van der Waals surface area contributed by atoms with E-state index in [0.717, 1.165) is 28.4 Å². The number of thiazole rings is 1. The monoisotopic (exact) mass is 519 g/mol. The Bertz CT molecular complexity index is 1460. The Kier molecular flexibility index (Phi) is 7.01. The van der Waals surface area contributed by atoms with Gasteiger partial charge in [-0.1, -0.05) is 23.9 Å². The molecular formula is C25H21N5O4S2. The molecule has 0 bridgehead atoms. The van der Waals surface area contributed by atoms with Crippen LogP contribution in [-0.4, -0.2) is 45.6 Å². The van der Waals surface area contributed by atoms with Crippen molar-refractivity contribution < 1.29 is 18.7 Å². The third-order valence-electron chi connectivity index (χ3n) is 5.15. The molecule has 2 aromatic carbocycles. The number of amides is 1. The van der Waals surface area contributed by atoms with Gasteiger partial charge in [-0.15, -0.1) is 21.5 Å². The van der Waals surface area contributed by atoms with Crippen molar-refractivity contribution in [3.63, 3.8) is 0 Å². The van der Waals surface area contributed by atoms with Gasteiger partial charge in [-0.25, -0.2) is 4.98 Å². The van der Waals surface area contributed by atoms with Crippen LogP contribution in [0.3, 0.4) is 0 Å². The molecular weight excluding hydrogens is 498 g/mol. The Labute approximate surface area is 215 Å². The van der Waals surface area contributed by atoms with Crippen molar-refractivity contribution in [1.29, 1.82) is 0 Å². The van der Waals surface area contributed by atoms with Gasteiger partial charge in [0.25, 0.3) is 0 Å². The van der Waals surface area contributed by atoms with E-state index in [9.17, 15) is 4.79 Å². The Morgan fingerprint density at radius 3 is 2.64 bits per heavy atom. The van der Waals surface area contributed by atoms with E-state index in [-0.39, 0.29) is 11.7 Å². The van der Waals surface area contributed by atoms with E-state index in [1.54, 1.807) is 26.5 Å². The standard InChI is InChI=1S/C25H21N5O4S2/c1-32-18-10-8-17(9-11-18)30-23(21-7-4-12-34-21)28-29-25(30)36-15-22(31)27-24-26-20(14-35-24)16-5-3-6-19(13-16)33-2/h3-14H,15H2,1-2H3,(H,26,27,31). The average molecular weight is 520 g/mol. The van der Waals surface area contributed by atoms with Gasteiger partial charge in [-0.2, -0.15) is 0 Å². The second-order valence-electron chi connectivity index (χ2n) is 7.42. The lowest BCUT2D eigenvalue weighted by molar-refractivity contribution is -0.113. The number of anilines is 1. The number of methoxy groups -OCH3 is 2. The van der Waals surface area contributed by atoms with Crippen molar-refractivity contribution in [1.82, 2.24) is 19.7 Å². The third kappa shape index (κ3) is 5.11. The van der Waals surface area contributed by atoms with E-state index >= 15 is 0 Å². The number of furan rings is 1. The van der Waals surface area contributed by atoms with Crippen molar-refractivity contribution in [3.05, 3.63) is 72.3 Å². The first-order valence-corrected chi connectivity index (χ1v) is 12.7. The summed E-state index contributed by atoms with van der Waals surface area (Å²) in [5, 5.41) is 14.4. The van der Waals surface area contributed by atoms with E-state index in [1.165, 1.54) is 23.1 Å². The molecule has 1 amide bonds. The normalized spacial score (nSPS) is 10.8. The number of aromatic nitrogens is 4. The Morgan fingerprint density at radius 2 is 1.89 bits per heavy atom. The van der Waals surface area contributed by atoms with Gasteiger partial charge in [-0.05, 0) is 48.5 Å². The van der Waals surface area contributed by atoms with E-state index in [2.05, 4.69) is 20.5 Å². The van der Waals surface area contributed by atoms with Gasteiger partial charge in [0.15, 0.2) is 16.0 Å². The maximum Gasteiger partial charge on any atom is 0.236 e. The maximum atomic E-state index is 12.7. The molecule has 0 atom stereocenters. The highest BCUT2D eigenvalue weighted by molar-refractivity contribution is 7.99. The summed E-state index contributed by atoms with van der Waals surface area (Å²) in [6.45, 7) is 0. The molecule has 9 nitrogen and oxygen atoms in total. The summed E-state index contributed by atoms with van der Waals surface area (Å²) in [6.07, 6.45) is 1.58. The molecule has 36 heavy (non-hydrogen) atoms. The van der Waals surface area contributed by atoms with Crippen molar-refractivity contribution in [2.45, 2.75) is 5.16 Å². The second kappa shape index (κ2) is 10.7. The SMILES string of the molecule is COc1ccc(-n2c(SCC(=O)Nc3nc(-c4cccc(OC)c4)cs3)nnc2-c2ccco2)cc1. The summed E-state index contributed by atoms with van der Waals surface area (Å²) < 4.78 is 17.9. The van der Waals surface area contributed by atoms with Gasteiger partial charge >= 0.3 is 0 Å². The van der Waals surface area contributed by atoms with Crippen LogP contribution < -0.4 is 14.8 Å². The molecule has 0 aliphatic carbocycles. The van der Waals surface area contributed by atoms with E-state index in [1.807, 2.05) is 64.5 Å². The number of hydrogen-bond acceptors (Lipinski definition) is 9. The minimum Gasteiger partial charge on any atom is -0.497 e. The molecule has 0 spiro atoms. The molecule has 3 aromatic heterocycles. The smallest absolute Gasteiger partial charge is 0.236 e. The third-order valence-corrected chi connectivity index (χ3v) is 6.84. The van der Waals surface area contributed by atoms with E-state index in [0.29, 0.717) is 21.9 Å². The van der Waals surface area contributed by atoms with Crippen LogP contribution in [0.4, 0.5) is 5.13 Å². The first kappa shape index (κ1) is 23.6. The lowest BCUT2D eigenvalue weighted by Crippen LogP contribution is -2.14. The highest BCUT2D eigenvalue weighted by Crippen LogP contribution is 2.30. The summed E-state index contributed by atoms with van der Waals surface area (Å²) in [7, 11) is 3.24. The van der Waals surface area contributed by atoms with Gasteiger partial charge in [0.05, 0.1) is 37.6 Å². The number of nitrogens with one attached hydrogen (secondary N) is 1. The molecule has 5 rings (SSSR count). The largest absolute Gasteiger partial charge is 0.497 e. The molecule has 0 unspecified atom stereocenters. The van der Waals surface area contributed by atoms with Gasteiger partial charge < -0.3 is 19.2 Å². The van der Waals surface area contributed by atoms with Crippen molar-refractivity contribution in [2.75, 3.05) is 25.3 Å². The predicted molar refractivity (Wildman–Crippen MR) is 139 cm³/mol. The zero-order valence-corrected chi connectivity index (χ0v) is 21.0. The quantitative estimate of drug-likeness (QED) is 0.258. The number of thioether (sulfide) groups is 1. The molecule has 0 saturated heterocycles. The highest BCUT2D eigenvalue weighted by Gasteiger charge is 2.19. The molecule has 11 heteroatoms. The molecule has 5 aromatic rings.